The number of alkyl halides is 3. The normalized spacial score (nSPS) is 19.5. The predicted octanol–water partition coefficient (Wildman–Crippen LogP) is 1.48. The molecule has 3 heterocycles. The molecule has 0 radical (unpaired) electrons. The first-order valence-electron chi connectivity index (χ1n) is 9.38. The van der Waals surface area contributed by atoms with Gasteiger partial charge < -0.3 is 15.0 Å². The summed E-state index contributed by atoms with van der Waals surface area (Å²) in [6.07, 6.45) is -4.00. The largest absolute Gasteiger partial charge is 0.489 e. The Kier molecular flexibility index (Phi) is 5.14. The number of aromatic amines is 1. The molecule has 2 N–H and O–H groups in total. The Labute approximate surface area is 170 Å². The van der Waals surface area contributed by atoms with Crippen LogP contribution in [0.1, 0.15) is 21.7 Å². The lowest BCUT2D eigenvalue weighted by Crippen LogP contribution is -2.49. The Morgan fingerprint density at radius 1 is 1.37 bits per heavy atom. The summed E-state index contributed by atoms with van der Waals surface area (Å²) in [5.41, 5.74) is 1.63. The number of benzene rings is 1. The molecular formula is C19H20F3N5O3. The molecule has 30 heavy (non-hydrogen) atoms. The lowest BCUT2D eigenvalue weighted by molar-refractivity contribution is -0.147. The number of anilines is 1. The highest BCUT2D eigenvalue weighted by atomic mass is 19.4. The third-order valence-corrected chi connectivity index (χ3v) is 5.20. The van der Waals surface area contributed by atoms with E-state index in [4.69, 9.17) is 4.74 Å². The number of aromatic nitrogens is 2. The van der Waals surface area contributed by atoms with Gasteiger partial charge in [-0.05, 0) is 12.1 Å². The zero-order valence-electron chi connectivity index (χ0n) is 16.1. The maximum atomic E-state index is 12.8. The van der Waals surface area contributed by atoms with Crippen LogP contribution in [-0.4, -0.2) is 65.9 Å². The highest BCUT2D eigenvalue weighted by molar-refractivity contribution is 6.03. The molecule has 0 saturated carbocycles. The second kappa shape index (κ2) is 7.63. The fourth-order valence-electron chi connectivity index (χ4n) is 3.71. The number of halogens is 3. The molecule has 2 aromatic rings. The van der Waals surface area contributed by atoms with Gasteiger partial charge in [0.1, 0.15) is 18.4 Å². The number of fused-ring (bicyclic) bond motifs is 2. The van der Waals surface area contributed by atoms with Crippen molar-refractivity contribution in [2.75, 3.05) is 31.6 Å². The van der Waals surface area contributed by atoms with Gasteiger partial charge in [-0.2, -0.15) is 18.3 Å². The number of ether oxygens (including phenoxy) is 1. The minimum Gasteiger partial charge on any atom is -0.489 e. The lowest BCUT2D eigenvalue weighted by Gasteiger charge is -2.27. The molecule has 0 saturated heterocycles. The molecule has 0 unspecified atom stereocenters. The summed E-state index contributed by atoms with van der Waals surface area (Å²) in [7, 11) is 1.58. The van der Waals surface area contributed by atoms with Crippen molar-refractivity contribution in [3.8, 4) is 5.75 Å². The number of amides is 2. The third kappa shape index (κ3) is 3.97. The fourth-order valence-corrected chi connectivity index (χ4v) is 3.71. The van der Waals surface area contributed by atoms with Gasteiger partial charge in [0.05, 0.1) is 12.2 Å². The number of hydrogen-bond donors (Lipinski definition) is 2. The fraction of sp³-hybridized carbons (Fsp3) is 0.421. The number of nitrogens with one attached hydrogen (secondary N) is 2. The van der Waals surface area contributed by atoms with Crippen molar-refractivity contribution in [1.29, 1.82) is 0 Å². The molecule has 1 aromatic carbocycles. The smallest absolute Gasteiger partial charge is 0.401 e. The molecule has 1 aromatic heterocycles. The van der Waals surface area contributed by atoms with Gasteiger partial charge in [-0.25, -0.2) is 0 Å². The third-order valence-electron chi connectivity index (χ3n) is 5.20. The Balaban J connectivity index is 1.49. The Bertz CT molecular complexity index is 975. The quantitative estimate of drug-likeness (QED) is 0.781. The molecule has 1 atom stereocenters. The SMILES string of the molecule is CN1C(=O)[C@@H](NC(=O)c2n[nH]c3c2CN(CC(F)(F)F)CC3)COc2ccccc21. The van der Waals surface area contributed by atoms with E-state index in [0.29, 0.717) is 29.1 Å². The summed E-state index contributed by atoms with van der Waals surface area (Å²) in [5, 5.41) is 9.33. The molecule has 160 valence electrons. The second-order valence-electron chi connectivity index (χ2n) is 7.31. The van der Waals surface area contributed by atoms with Crippen LogP contribution in [0.15, 0.2) is 24.3 Å². The summed E-state index contributed by atoms with van der Waals surface area (Å²) in [6.45, 7) is -0.961. The van der Waals surface area contributed by atoms with Crippen LogP contribution in [0, 0.1) is 0 Å². The number of para-hydroxylation sites is 2. The molecule has 0 aliphatic carbocycles. The number of nitrogens with zero attached hydrogens (tertiary/aromatic N) is 3. The first-order chi connectivity index (χ1) is 14.2. The van der Waals surface area contributed by atoms with Crippen molar-refractivity contribution in [2.24, 2.45) is 0 Å². The molecular weight excluding hydrogens is 403 g/mol. The predicted molar refractivity (Wildman–Crippen MR) is 100 cm³/mol. The van der Waals surface area contributed by atoms with E-state index in [-0.39, 0.29) is 31.3 Å². The van der Waals surface area contributed by atoms with E-state index in [1.165, 1.54) is 9.80 Å². The highest BCUT2D eigenvalue weighted by Gasteiger charge is 2.35. The summed E-state index contributed by atoms with van der Waals surface area (Å²) in [5.74, 6) is -0.482. The molecule has 0 bridgehead atoms. The number of H-pyrrole nitrogens is 1. The number of rotatable bonds is 3. The van der Waals surface area contributed by atoms with Crippen LogP contribution in [0.25, 0.3) is 0 Å². The van der Waals surface area contributed by atoms with Gasteiger partial charge in [0.15, 0.2) is 5.69 Å². The minimum absolute atomic E-state index is 0.00547. The zero-order valence-corrected chi connectivity index (χ0v) is 16.1. The number of carbonyl (C=O) groups is 2. The van der Waals surface area contributed by atoms with E-state index < -0.39 is 24.7 Å². The van der Waals surface area contributed by atoms with Gasteiger partial charge >= 0.3 is 6.18 Å². The topological polar surface area (TPSA) is 90.6 Å². The summed E-state index contributed by atoms with van der Waals surface area (Å²) >= 11 is 0. The molecule has 2 aliphatic rings. The molecule has 0 fully saturated rings. The van der Waals surface area contributed by atoms with Crippen molar-refractivity contribution >= 4 is 17.5 Å². The Hall–Kier alpha value is -3.08. The number of hydrogen-bond acceptors (Lipinski definition) is 5. The van der Waals surface area contributed by atoms with Gasteiger partial charge in [0.25, 0.3) is 11.8 Å². The standard InChI is InChI=1S/C19H20F3N5O3/c1-26-14-4-2-3-5-15(14)30-9-13(18(26)29)23-17(28)16-11-8-27(10-19(20,21)22)7-6-12(11)24-25-16/h2-5,13H,6-10H2,1H3,(H,23,28)(H,24,25)/t13-/m0/s1. The van der Waals surface area contributed by atoms with Crippen molar-refractivity contribution in [3.63, 3.8) is 0 Å². The van der Waals surface area contributed by atoms with Gasteiger partial charge in [-0.3, -0.25) is 19.6 Å². The molecule has 8 nitrogen and oxygen atoms in total. The first kappa shape index (κ1) is 20.2. The maximum absolute atomic E-state index is 12.8. The highest BCUT2D eigenvalue weighted by Crippen LogP contribution is 2.30. The summed E-state index contributed by atoms with van der Waals surface area (Å²) < 4.78 is 43.9. The Morgan fingerprint density at radius 2 is 2.13 bits per heavy atom. The van der Waals surface area contributed by atoms with E-state index in [0.717, 1.165) is 0 Å². The van der Waals surface area contributed by atoms with E-state index in [1.807, 2.05) is 0 Å². The van der Waals surface area contributed by atoms with Gasteiger partial charge in [0, 0.05) is 37.8 Å². The van der Waals surface area contributed by atoms with Crippen LogP contribution < -0.4 is 15.0 Å². The van der Waals surface area contributed by atoms with E-state index in [1.54, 1.807) is 31.3 Å². The molecule has 2 aliphatic heterocycles. The van der Waals surface area contributed by atoms with Gasteiger partial charge in [-0.15, -0.1) is 0 Å². The number of likely N-dealkylation sites (N-methyl/N-ethyl adjacent to an activating group) is 1. The van der Waals surface area contributed by atoms with Crippen molar-refractivity contribution < 1.29 is 27.5 Å². The average Bonchev–Trinajstić information content (AvgIpc) is 3.07. The summed E-state index contributed by atoms with van der Waals surface area (Å²) in [4.78, 5) is 28.2. The Morgan fingerprint density at radius 3 is 2.90 bits per heavy atom. The minimum atomic E-state index is -4.33. The summed E-state index contributed by atoms with van der Waals surface area (Å²) in [6, 6.07) is 6.04. The van der Waals surface area contributed by atoms with Crippen LogP contribution in [0.3, 0.4) is 0 Å². The van der Waals surface area contributed by atoms with Crippen LogP contribution >= 0.6 is 0 Å². The zero-order chi connectivity index (χ0) is 21.5. The van der Waals surface area contributed by atoms with Gasteiger partial charge in [-0.1, -0.05) is 12.1 Å². The van der Waals surface area contributed by atoms with Gasteiger partial charge in [0.2, 0.25) is 0 Å². The van der Waals surface area contributed by atoms with E-state index >= 15 is 0 Å². The van der Waals surface area contributed by atoms with Crippen molar-refractivity contribution in [1.82, 2.24) is 20.4 Å². The maximum Gasteiger partial charge on any atom is 0.401 e. The van der Waals surface area contributed by atoms with Crippen molar-refractivity contribution in [3.05, 3.63) is 41.2 Å². The molecule has 4 rings (SSSR count). The van der Waals surface area contributed by atoms with Crippen LogP contribution in [0.5, 0.6) is 5.75 Å². The van der Waals surface area contributed by atoms with E-state index in [2.05, 4.69) is 15.5 Å². The number of carbonyl (C=O) groups excluding carboxylic acids is 2. The van der Waals surface area contributed by atoms with Crippen LogP contribution in [0.2, 0.25) is 0 Å². The average molecular weight is 423 g/mol. The molecule has 11 heteroatoms. The van der Waals surface area contributed by atoms with Crippen LogP contribution in [-0.2, 0) is 17.8 Å². The van der Waals surface area contributed by atoms with E-state index in [9.17, 15) is 22.8 Å². The van der Waals surface area contributed by atoms with Crippen molar-refractivity contribution in [2.45, 2.75) is 25.2 Å². The monoisotopic (exact) mass is 423 g/mol. The van der Waals surface area contributed by atoms with Crippen LogP contribution in [0.4, 0.5) is 18.9 Å². The lowest BCUT2D eigenvalue weighted by atomic mass is 10.0. The molecule has 0 spiro atoms. The molecule has 2 amide bonds. The first-order valence-corrected chi connectivity index (χ1v) is 9.38. The second-order valence-corrected chi connectivity index (χ2v) is 7.31.